The Morgan fingerprint density at radius 3 is 2.69 bits per heavy atom. The first-order chi connectivity index (χ1) is 7.43. The number of halogens is 1. The Morgan fingerprint density at radius 1 is 1.56 bits per heavy atom. The van der Waals surface area contributed by atoms with Crippen LogP contribution in [0.15, 0.2) is 18.2 Å². The minimum absolute atomic E-state index is 0.0532. The summed E-state index contributed by atoms with van der Waals surface area (Å²) in [7, 11) is 0. The normalized spacial score (nSPS) is 10.6. The van der Waals surface area contributed by atoms with Crippen LogP contribution in [0.5, 0.6) is 0 Å². The summed E-state index contributed by atoms with van der Waals surface area (Å²) in [6.07, 6.45) is 2.09. The summed E-state index contributed by atoms with van der Waals surface area (Å²) in [6.45, 7) is 1.56. The van der Waals surface area contributed by atoms with Crippen molar-refractivity contribution >= 4 is 29.3 Å². The van der Waals surface area contributed by atoms with Gasteiger partial charge in [-0.15, -0.1) is 0 Å². The van der Waals surface area contributed by atoms with Gasteiger partial charge in [-0.25, -0.2) is 4.79 Å². The zero-order valence-electron chi connectivity index (χ0n) is 8.31. The summed E-state index contributed by atoms with van der Waals surface area (Å²) in [4.78, 5) is 20.4. The van der Waals surface area contributed by atoms with E-state index < -0.39 is 10.9 Å². The number of carboxylic acid groups (broad SMARTS) is 1. The molecule has 1 aromatic carbocycles. The quantitative estimate of drug-likeness (QED) is 0.501. The molecule has 0 aromatic heterocycles. The summed E-state index contributed by atoms with van der Waals surface area (Å²) in [5.74, 6) is -1.14. The number of nitro groups is 1. The van der Waals surface area contributed by atoms with Gasteiger partial charge in [0.15, 0.2) is 0 Å². The third kappa shape index (κ3) is 2.58. The lowest BCUT2D eigenvalue weighted by Gasteiger charge is -2.02. The summed E-state index contributed by atoms with van der Waals surface area (Å²) in [5, 5.41) is 19.1. The highest BCUT2D eigenvalue weighted by Gasteiger charge is 2.18. The molecule has 6 heteroatoms. The first-order valence-corrected chi connectivity index (χ1v) is 4.65. The van der Waals surface area contributed by atoms with Gasteiger partial charge in [-0.1, -0.05) is 23.7 Å². The highest BCUT2D eigenvalue weighted by atomic mass is 35.5. The van der Waals surface area contributed by atoms with Crippen molar-refractivity contribution < 1.29 is 14.8 Å². The van der Waals surface area contributed by atoms with Crippen molar-refractivity contribution in [3.63, 3.8) is 0 Å². The first-order valence-electron chi connectivity index (χ1n) is 4.28. The molecule has 0 saturated heterocycles. The van der Waals surface area contributed by atoms with E-state index in [2.05, 4.69) is 0 Å². The molecule has 84 valence electrons. The molecule has 0 aliphatic rings. The highest BCUT2D eigenvalue weighted by molar-refractivity contribution is 6.34. The largest absolute Gasteiger partial charge is 0.478 e. The molecule has 0 radical (unpaired) electrons. The fourth-order valence-electron chi connectivity index (χ4n) is 1.19. The summed E-state index contributed by atoms with van der Waals surface area (Å²) >= 11 is 5.81. The van der Waals surface area contributed by atoms with E-state index in [1.807, 2.05) is 0 Å². The molecule has 5 nitrogen and oxygen atoms in total. The third-order valence-corrected chi connectivity index (χ3v) is 2.33. The van der Waals surface area contributed by atoms with Gasteiger partial charge in [-0.2, -0.15) is 0 Å². The Balaban J connectivity index is 3.29. The number of nitrogens with zero attached hydrogens (tertiary/aromatic N) is 1. The van der Waals surface area contributed by atoms with Crippen molar-refractivity contribution in [1.29, 1.82) is 0 Å². The molecule has 0 bridgehead atoms. The Morgan fingerprint density at radius 2 is 2.19 bits per heavy atom. The average Bonchev–Trinajstić information content (AvgIpc) is 2.15. The molecule has 0 atom stereocenters. The van der Waals surface area contributed by atoms with Gasteiger partial charge in [0, 0.05) is 17.2 Å². The van der Waals surface area contributed by atoms with Gasteiger partial charge in [0.1, 0.15) is 5.02 Å². The number of aliphatic carboxylic acids is 1. The van der Waals surface area contributed by atoms with Gasteiger partial charge in [0.2, 0.25) is 0 Å². The van der Waals surface area contributed by atoms with Crippen molar-refractivity contribution in [2.75, 3.05) is 0 Å². The zero-order chi connectivity index (χ0) is 12.3. The van der Waals surface area contributed by atoms with E-state index >= 15 is 0 Å². The Bertz CT molecular complexity index is 482. The van der Waals surface area contributed by atoms with E-state index in [0.717, 1.165) is 6.08 Å². The second-order valence-electron chi connectivity index (χ2n) is 3.06. The van der Waals surface area contributed by atoms with Gasteiger partial charge < -0.3 is 5.11 Å². The third-order valence-electron chi connectivity index (χ3n) is 1.94. The van der Waals surface area contributed by atoms with Crippen LogP contribution in [0.1, 0.15) is 11.1 Å². The number of carbonyl (C=O) groups is 1. The van der Waals surface area contributed by atoms with Crippen LogP contribution >= 0.6 is 11.6 Å². The van der Waals surface area contributed by atoms with E-state index in [1.165, 1.54) is 18.2 Å². The monoisotopic (exact) mass is 241 g/mol. The predicted octanol–water partition coefficient (Wildman–Crippen LogP) is 2.65. The maximum Gasteiger partial charge on any atom is 0.328 e. The van der Waals surface area contributed by atoms with Gasteiger partial charge in [0.25, 0.3) is 5.69 Å². The minimum atomic E-state index is -1.14. The maximum atomic E-state index is 10.7. The number of hydrogen-bond donors (Lipinski definition) is 1. The molecule has 0 heterocycles. The average molecular weight is 242 g/mol. The summed E-state index contributed by atoms with van der Waals surface area (Å²) in [5.41, 5.74) is 0.540. The van der Waals surface area contributed by atoms with Crippen LogP contribution in [0, 0.1) is 17.0 Å². The molecule has 0 amide bonds. The minimum Gasteiger partial charge on any atom is -0.478 e. The van der Waals surface area contributed by atoms with Crippen LogP contribution in [-0.2, 0) is 4.79 Å². The molecule has 0 spiro atoms. The predicted molar refractivity (Wildman–Crippen MR) is 59.5 cm³/mol. The van der Waals surface area contributed by atoms with Gasteiger partial charge >= 0.3 is 5.97 Å². The lowest BCUT2D eigenvalue weighted by atomic mass is 10.1. The highest BCUT2D eigenvalue weighted by Crippen LogP contribution is 2.31. The number of hydrogen-bond acceptors (Lipinski definition) is 3. The number of aryl methyl sites for hydroxylation is 1. The van der Waals surface area contributed by atoms with Gasteiger partial charge in [-0.3, -0.25) is 10.1 Å². The molecular formula is C10H8ClNO4. The van der Waals surface area contributed by atoms with E-state index in [1.54, 1.807) is 6.92 Å². The van der Waals surface area contributed by atoms with Crippen LogP contribution in [0.2, 0.25) is 5.02 Å². The summed E-state index contributed by atoms with van der Waals surface area (Å²) in [6, 6.07) is 3.05. The Kier molecular flexibility index (Phi) is 3.63. The Hall–Kier alpha value is -1.88. The van der Waals surface area contributed by atoms with Crippen molar-refractivity contribution in [3.8, 4) is 0 Å². The van der Waals surface area contributed by atoms with Crippen molar-refractivity contribution in [2.45, 2.75) is 6.92 Å². The fraction of sp³-hybridized carbons (Fsp3) is 0.100. The Labute approximate surface area is 96.1 Å². The van der Waals surface area contributed by atoms with Gasteiger partial charge in [0.05, 0.1) is 4.92 Å². The molecule has 1 N–H and O–H groups in total. The number of rotatable bonds is 3. The number of benzene rings is 1. The van der Waals surface area contributed by atoms with Crippen LogP contribution in [0.4, 0.5) is 5.69 Å². The van der Waals surface area contributed by atoms with Crippen LogP contribution in [0.25, 0.3) is 6.08 Å². The number of carboxylic acids is 1. The lowest BCUT2D eigenvalue weighted by molar-refractivity contribution is -0.385. The van der Waals surface area contributed by atoms with Gasteiger partial charge in [-0.05, 0) is 13.0 Å². The van der Waals surface area contributed by atoms with Crippen molar-refractivity contribution in [3.05, 3.63) is 44.5 Å². The number of nitro benzene ring substituents is 1. The molecule has 0 aliphatic heterocycles. The van der Waals surface area contributed by atoms with E-state index in [9.17, 15) is 14.9 Å². The lowest BCUT2D eigenvalue weighted by Crippen LogP contribution is -1.94. The molecule has 0 unspecified atom stereocenters. The second kappa shape index (κ2) is 4.76. The smallest absolute Gasteiger partial charge is 0.328 e. The van der Waals surface area contributed by atoms with Crippen LogP contribution in [0.3, 0.4) is 0 Å². The summed E-state index contributed by atoms with van der Waals surface area (Å²) < 4.78 is 0. The molecule has 1 rings (SSSR count). The second-order valence-corrected chi connectivity index (χ2v) is 3.44. The first kappa shape index (κ1) is 12.2. The molecule has 0 fully saturated rings. The molecule has 0 aliphatic carbocycles. The van der Waals surface area contributed by atoms with E-state index in [0.29, 0.717) is 11.1 Å². The van der Waals surface area contributed by atoms with Crippen molar-refractivity contribution in [1.82, 2.24) is 0 Å². The van der Waals surface area contributed by atoms with E-state index in [-0.39, 0.29) is 10.7 Å². The molecule has 16 heavy (non-hydrogen) atoms. The molecule has 1 aromatic rings. The fourth-order valence-corrected chi connectivity index (χ4v) is 1.53. The SMILES string of the molecule is Cc1ccc(/C=C/C(=O)O)c(Cl)c1[N+](=O)[O-]. The molecular weight excluding hydrogens is 234 g/mol. The standard InChI is InChI=1S/C10H8ClNO4/c1-6-2-3-7(4-5-8(13)14)9(11)10(6)12(15)16/h2-5H,1H3,(H,13,14)/b5-4+. The topological polar surface area (TPSA) is 80.4 Å². The van der Waals surface area contributed by atoms with Crippen LogP contribution < -0.4 is 0 Å². The zero-order valence-corrected chi connectivity index (χ0v) is 9.06. The van der Waals surface area contributed by atoms with Crippen molar-refractivity contribution in [2.24, 2.45) is 0 Å². The van der Waals surface area contributed by atoms with Crippen LogP contribution in [-0.4, -0.2) is 16.0 Å². The van der Waals surface area contributed by atoms with E-state index in [4.69, 9.17) is 16.7 Å². The molecule has 0 saturated carbocycles. The maximum absolute atomic E-state index is 10.7.